The SMILES string of the molecule is CC1CCc2nc(-c3cncn3C(C)C)c(N)n2C1. The van der Waals surface area contributed by atoms with Crippen LogP contribution in [0, 0.1) is 5.92 Å². The van der Waals surface area contributed by atoms with Crippen molar-refractivity contribution in [3.8, 4) is 11.4 Å². The summed E-state index contributed by atoms with van der Waals surface area (Å²) in [5.74, 6) is 2.57. The zero-order chi connectivity index (χ0) is 13.6. The molecule has 0 spiro atoms. The van der Waals surface area contributed by atoms with Gasteiger partial charge in [-0.05, 0) is 26.2 Å². The topological polar surface area (TPSA) is 61.7 Å². The average molecular weight is 259 g/mol. The highest BCUT2D eigenvalue weighted by molar-refractivity contribution is 5.68. The van der Waals surface area contributed by atoms with Crippen LogP contribution >= 0.6 is 0 Å². The number of hydrogen-bond acceptors (Lipinski definition) is 3. The first-order chi connectivity index (χ1) is 9.08. The molecule has 0 saturated heterocycles. The molecule has 0 amide bonds. The Balaban J connectivity index is 2.09. The third-order valence-electron chi connectivity index (χ3n) is 3.91. The molecule has 1 unspecified atom stereocenters. The van der Waals surface area contributed by atoms with Crippen molar-refractivity contribution in [3.05, 3.63) is 18.3 Å². The summed E-state index contributed by atoms with van der Waals surface area (Å²) in [4.78, 5) is 8.99. The predicted octanol–water partition coefficient (Wildman–Crippen LogP) is 2.49. The first-order valence-corrected chi connectivity index (χ1v) is 6.95. The molecule has 2 N–H and O–H groups in total. The van der Waals surface area contributed by atoms with Crippen LogP contribution in [0.4, 0.5) is 5.82 Å². The minimum atomic E-state index is 0.356. The van der Waals surface area contributed by atoms with E-state index in [0.717, 1.165) is 36.0 Å². The molecule has 3 rings (SSSR count). The van der Waals surface area contributed by atoms with E-state index < -0.39 is 0 Å². The molecule has 1 atom stereocenters. The molecule has 0 radical (unpaired) electrons. The molecule has 19 heavy (non-hydrogen) atoms. The van der Waals surface area contributed by atoms with Gasteiger partial charge < -0.3 is 14.9 Å². The van der Waals surface area contributed by atoms with Crippen LogP contribution in [0.25, 0.3) is 11.4 Å². The normalized spacial score (nSPS) is 18.8. The fourth-order valence-electron chi connectivity index (χ4n) is 2.77. The number of imidazole rings is 2. The van der Waals surface area contributed by atoms with Gasteiger partial charge in [0.15, 0.2) is 0 Å². The molecule has 1 aliphatic heterocycles. The number of aromatic nitrogens is 4. The Morgan fingerprint density at radius 2 is 2.21 bits per heavy atom. The summed E-state index contributed by atoms with van der Waals surface area (Å²) < 4.78 is 4.29. The van der Waals surface area contributed by atoms with Gasteiger partial charge in [0, 0.05) is 19.0 Å². The summed E-state index contributed by atoms with van der Waals surface area (Å²) in [6, 6.07) is 0.356. The van der Waals surface area contributed by atoms with Crippen molar-refractivity contribution < 1.29 is 0 Å². The van der Waals surface area contributed by atoms with Crippen LogP contribution in [0.3, 0.4) is 0 Å². The van der Waals surface area contributed by atoms with Gasteiger partial charge in [-0.25, -0.2) is 9.97 Å². The van der Waals surface area contributed by atoms with Gasteiger partial charge in [0.2, 0.25) is 0 Å². The lowest BCUT2D eigenvalue weighted by Crippen LogP contribution is -2.19. The highest BCUT2D eigenvalue weighted by Gasteiger charge is 2.23. The highest BCUT2D eigenvalue weighted by atomic mass is 15.2. The van der Waals surface area contributed by atoms with Gasteiger partial charge in [0.25, 0.3) is 0 Å². The van der Waals surface area contributed by atoms with Gasteiger partial charge in [-0.15, -0.1) is 0 Å². The Hall–Kier alpha value is -1.78. The molecule has 0 fully saturated rings. The van der Waals surface area contributed by atoms with Gasteiger partial charge in [-0.2, -0.15) is 0 Å². The molecule has 102 valence electrons. The highest BCUT2D eigenvalue weighted by Crippen LogP contribution is 2.31. The Bertz CT molecular complexity index is 593. The molecule has 0 bridgehead atoms. The van der Waals surface area contributed by atoms with Crippen molar-refractivity contribution in [3.63, 3.8) is 0 Å². The molecule has 1 aliphatic rings. The van der Waals surface area contributed by atoms with Crippen LogP contribution in [-0.4, -0.2) is 19.1 Å². The summed E-state index contributed by atoms with van der Waals surface area (Å²) in [5, 5.41) is 0. The molecule has 0 aliphatic carbocycles. The maximum Gasteiger partial charge on any atom is 0.133 e. The summed E-state index contributed by atoms with van der Waals surface area (Å²) in [6.07, 6.45) is 5.91. The van der Waals surface area contributed by atoms with Crippen molar-refractivity contribution in [2.45, 2.75) is 46.2 Å². The lowest BCUT2D eigenvalue weighted by molar-refractivity contribution is 0.397. The Labute approximate surface area is 113 Å². The van der Waals surface area contributed by atoms with Gasteiger partial charge in [0.1, 0.15) is 17.3 Å². The second-order valence-corrected chi connectivity index (χ2v) is 5.80. The van der Waals surface area contributed by atoms with Crippen LogP contribution in [-0.2, 0) is 13.0 Å². The summed E-state index contributed by atoms with van der Waals surface area (Å²) in [6.45, 7) is 7.52. The van der Waals surface area contributed by atoms with E-state index in [-0.39, 0.29) is 0 Å². The third-order valence-corrected chi connectivity index (χ3v) is 3.91. The van der Waals surface area contributed by atoms with E-state index in [9.17, 15) is 0 Å². The first kappa shape index (κ1) is 12.3. The van der Waals surface area contributed by atoms with Crippen molar-refractivity contribution in [2.75, 3.05) is 5.73 Å². The van der Waals surface area contributed by atoms with Crippen molar-refractivity contribution >= 4 is 5.82 Å². The average Bonchev–Trinajstić information content (AvgIpc) is 2.95. The molecular weight excluding hydrogens is 238 g/mol. The Kier molecular flexibility index (Phi) is 2.84. The van der Waals surface area contributed by atoms with Crippen molar-refractivity contribution in [2.24, 2.45) is 5.92 Å². The number of nitrogen functional groups attached to an aromatic ring is 1. The van der Waals surface area contributed by atoms with Gasteiger partial charge >= 0.3 is 0 Å². The number of aryl methyl sites for hydroxylation is 1. The molecule has 0 saturated carbocycles. The summed E-state index contributed by atoms with van der Waals surface area (Å²) in [7, 11) is 0. The zero-order valence-electron chi connectivity index (χ0n) is 11.8. The van der Waals surface area contributed by atoms with Crippen LogP contribution in [0.1, 0.15) is 39.1 Å². The Morgan fingerprint density at radius 1 is 1.42 bits per heavy atom. The lowest BCUT2D eigenvalue weighted by atomic mass is 10.0. The van der Waals surface area contributed by atoms with E-state index in [0.29, 0.717) is 12.0 Å². The molecule has 5 nitrogen and oxygen atoms in total. The van der Waals surface area contributed by atoms with E-state index in [2.05, 4.69) is 34.9 Å². The molecule has 2 aromatic rings. The third kappa shape index (κ3) is 1.93. The van der Waals surface area contributed by atoms with Crippen molar-refractivity contribution in [1.82, 2.24) is 19.1 Å². The Morgan fingerprint density at radius 3 is 2.95 bits per heavy atom. The van der Waals surface area contributed by atoms with Crippen LogP contribution < -0.4 is 5.73 Å². The van der Waals surface area contributed by atoms with Gasteiger partial charge in [-0.1, -0.05) is 6.92 Å². The van der Waals surface area contributed by atoms with Crippen LogP contribution in [0.5, 0.6) is 0 Å². The summed E-state index contributed by atoms with van der Waals surface area (Å²) in [5.41, 5.74) is 8.21. The summed E-state index contributed by atoms with van der Waals surface area (Å²) >= 11 is 0. The standard InChI is InChI=1S/C14H21N5/c1-9(2)19-8-16-6-11(19)13-14(15)18-7-10(3)4-5-12(18)17-13/h6,8-10H,4-5,7,15H2,1-3H3. The smallest absolute Gasteiger partial charge is 0.133 e. The predicted molar refractivity (Wildman–Crippen MR) is 75.7 cm³/mol. The molecule has 2 aromatic heterocycles. The van der Waals surface area contributed by atoms with E-state index in [1.807, 2.05) is 12.5 Å². The lowest BCUT2D eigenvalue weighted by Gasteiger charge is -2.20. The maximum atomic E-state index is 6.31. The van der Waals surface area contributed by atoms with Crippen LogP contribution in [0.15, 0.2) is 12.5 Å². The largest absolute Gasteiger partial charge is 0.383 e. The van der Waals surface area contributed by atoms with E-state index in [1.54, 1.807) is 0 Å². The number of hydrogen-bond donors (Lipinski definition) is 1. The first-order valence-electron chi connectivity index (χ1n) is 6.95. The number of rotatable bonds is 2. The minimum absolute atomic E-state index is 0.356. The fraction of sp³-hybridized carbons (Fsp3) is 0.571. The molecular formula is C14H21N5. The molecule has 3 heterocycles. The van der Waals surface area contributed by atoms with Gasteiger partial charge in [0.05, 0.1) is 18.2 Å². The zero-order valence-corrected chi connectivity index (χ0v) is 11.8. The second-order valence-electron chi connectivity index (χ2n) is 5.80. The monoisotopic (exact) mass is 259 g/mol. The number of nitrogens with zero attached hydrogens (tertiary/aromatic N) is 4. The van der Waals surface area contributed by atoms with Crippen molar-refractivity contribution in [1.29, 1.82) is 0 Å². The second kappa shape index (κ2) is 4.40. The molecule has 0 aromatic carbocycles. The number of anilines is 1. The van der Waals surface area contributed by atoms with Crippen LogP contribution in [0.2, 0.25) is 0 Å². The fourth-order valence-corrected chi connectivity index (χ4v) is 2.77. The van der Waals surface area contributed by atoms with Gasteiger partial charge in [-0.3, -0.25) is 0 Å². The van der Waals surface area contributed by atoms with E-state index >= 15 is 0 Å². The number of fused-ring (bicyclic) bond motifs is 1. The number of nitrogens with two attached hydrogens (primary N) is 1. The van der Waals surface area contributed by atoms with E-state index in [1.165, 1.54) is 6.42 Å². The van der Waals surface area contributed by atoms with E-state index in [4.69, 9.17) is 10.7 Å². The molecule has 5 heteroatoms. The quantitative estimate of drug-likeness (QED) is 0.901. The minimum Gasteiger partial charge on any atom is -0.383 e. The maximum absolute atomic E-state index is 6.31.